The van der Waals surface area contributed by atoms with E-state index in [1.165, 1.54) is 24.3 Å². The van der Waals surface area contributed by atoms with Crippen LogP contribution < -0.4 is 13.8 Å². The molecule has 0 saturated carbocycles. The number of carbonyl (C=O) groups excluding carboxylic acids is 1. The van der Waals surface area contributed by atoms with Gasteiger partial charge in [0.05, 0.1) is 23.4 Å². The first-order chi connectivity index (χ1) is 13.2. The molecule has 0 aromatic heterocycles. The van der Waals surface area contributed by atoms with E-state index < -0.39 is 26.0 Å². The highest BCUT2D eigenvalue weighted by atomic mass is 32.2. The molecule has 0 bridgehead atoms. The maximum Gasteiger partial charge on any atom is 0.242 e. The molecule has 1 amide bonds. The Morgan fingerprint density at radius 1 is 1.11 bits per heavy atom. The first kappa shape index (κ1) is 20.3. The summed E-state index contributed by atoms with van der Waals surface area (Å²) in [6, 6.07) is 12.5. The first-order valence-electron chi connectivity index (χ1n) is 8.52. The van der Waals surface area contributed by atoms with Gasteiger partial charge in [-0.3, -0.25) is 4.79 Å². The van der Waals surface area contributed by atoms with Gasteiger partial charge in [-0.25, -0.2) is 25.9 Å². The van der Waals surface area contributed by atoms with Crippen molar-refractivity contribution < 1.29 is 26.4 Å². The zero-order valence-electron chi connectivity index (χ0n) is 15.2. The smallest absolute Gasteiger partial charge is 0.242 e. The summed E-state index contributed by atoms with van der Waals surface area (Å²) in [5.74, 6) is -0.0794. The van der Waals surface area contributed by atoms with Gasteiger partial charge in [-0.1, -0.05) is 18.2 Å². The van der Waals surface area contributed by atoms with Crippen molar-refractivity contribution in [2.75, 3.05) is 23.7 Å². The number of anilines is 1. The standard InChI is InChI=1S/C18H20N2O6S2/c1-26-17-5-3-2-4-14(17)10-12-19-28(24,25)16-8-6-15(7-9-16)20-18(21)11-13-27(20,22)23/h2-9,19H,10-13H2,1H3. The molecule has 0 atom stereocenters. The zero-order chi connectivity index (χ0) is 20.4. The van der Waals surface area contributed by atoms with E-state index in [2.05, 4.69) is 4.72 Å². The highest BCUT2D eigenvalue weighted by molar-refractivity contribution is 7.94. The number of ether oxygens (including phenoxy) is 1. The van der Waals surface area contributed by atoms with Crippen molar-refractivity contribution in [3.8, 4) is 5.75 Å². The van der Waals surface area contributed by atoms with Crippen molar-refractivity contribution in [1.82, 2.24) is 4.72 Å². The van der Waals surface area contributed by atoms with E-state index in [1.54, 1.807) is 13.2 Å². The predicted molar refractivity (Wildman–Crippen MR) is 104 cm³/mol. The van der Waals surface area contributed by atoms with Crippen molar-refractivity contribution in [2.45, 2.75) is 17.7 Å². The van der Waals surface area contributed by atoms with Crippen LogP contribution >= 0.6 is 0 Å². The Hall–Kier alpha value is -2.43. The van der Waals surface area contributed by atoms with Crippen LogP contribution in [0, 0.1) is 0 Å². The van der Waals surface area contributed by atoms with Gasteiger partial charge >= 0.3 is 0 Å². The van der Waals surface area contributed by atoms with Crippen LogP contribution in [0.1, 0.15) is 12.0 Å². The van der Waals surface area contributed by atoms with E-state index in [4.69, 9.17) is 4.74 Å². The van der Waals surface area contributed by atoms with Crippen LogP contribution in [0.4, 0.5) is 5.69 Å². The highest BCUT2D eigenvalue weighted by Gasteiger charge is 2.36. The van der Waals surface area contributed by atoms with E-state index in [1.807, 2.05) is 18.2 Å². The van der Waals surface area contributed by atoms with Gasteiger partial charge in [0.25, 0.3) is 0 Å². The Balaban J connectivity index is 1.70. The van der Waals surface area contributed by atoms with E-state index in [0.717, 1.165) is 9.87 Å². The normalized spacial score (nSPS) is 16.3. The first-order valence-corrected chi connectivity index (χ1v) is 11.6. The molecular weight excluding hydrogens is 404 g/mol. The molecule has 3 rings (SSSR count). The lowest BCUT2D eigenvalue weighted by molar-refractivity contribution is -0.116. The number of para-hydroxylation sites is 1. The number of carbonyl (C=O) groups is 1. The highest BCUT2D eigenvalue weighted by Crippen LogP contribution is 2.26. The molecule has 150 valence electrons. The molecule has 1 aliphatic rings. The minimum atomic E-state index is -3.78. The summed E-state index contributed by atoms with van der Waals surface area (Å²) < 4.78 is 57.3. The van der Waals surface area contributed by atoms with Gasteiger partial charge in [0, 0.05) is 13.0 Å². The van der Waals surface area contributed by atoms with Gasteiger partial charge in [0.2, 0.25) is 26.0 Å². The fourth-order valence-corrected chi connectivity index (χ4v) is 5.43. The maximum atomic E-state index is 12.5. The third kappa shape index (κ3) is 4.18. The van der Waals surface area contributed by atoms with Gasteiger partial charge in [0.15, 0.2) is 0 Å². The second kappa shape index (κ2) is 7.90. The number of sulfonamides is 2. The number of hydrogen-bond acceptors (Lipinski definition) is 6. The van der Waals surface area contributed by atoms with Gasteiger partial charge in [-0.05, 0) is 42.3 Å². The number of methoxy groups -OCH3 is 1. The van der Waals surface area contributed by atoms with Crippen LogP contribution in [0.3, 0.4) is 0 Å². The van der Waals surface area contributed by atoms with Crippen LogP contribution in [0.2, 0.25) is 0 Å². The van der Waals surface area contributed by atoms with Crippen LogP contribution in [0.5, 0.6) is 5.75 Å². The zero-order valence-corrected chi connectivity index (χ0v) is 16.8. The molecule has 0 aliphatic carbocycles. The predicted octanol–water partition coefficient (Wildman–Crippen LogP) is 1.28. The molecule has 1 saturated heterocycles. The largest absolute Gasteiger partial charge is 0.496 e. The lowest BCUT2D eigenvalue weighted by atomic mass is 10.1. The SMILES string of the molecule is COc1ccccc1CCNS(=O)(=O)c1ccc(N2C(=O)CCS2(=O)=O)cc1. The quantitative estimate of drug-likeness (QED) is 0.717. The fraction of sp³-hybridized carbons (Fsp3) is 0.278. The van der Waals surface area contributed by atoms with Gasteiger partial charge in [-0.2, -0.15) is 0 Å². The number of amides is 1. The van der Waals surface area contributed by atoms with E-state index in [0.29, 0.717) is 12.2 Å². The van der Waals surface area contributed by atoms with Crippen molar-refractivity contribution in [3.63, 3.8) is 0 Å². The average Bonchev–Trinajstić information content (AvgIpc) is 2.94. The number of hydrogen-bond donors (Lipinski definition) is 1. The Bertz CT molecular complexity index is 1080. The number of nitrogens with one attached hydrogen (secondary N) is 1. The van der Waals surface area contributed by atoms with Gasteiger partial charge in [0.1, 0.15) is 5.75 Å². The molecule has 28 heavy (non-hydrogen) atoms. The fourth-order valence-electron chi connectivity index (χ4n) is 2.94. The van der Waals surface area contributed by atoms with Crippen molar-refractivity contribution in [3.05, 3.63) is 54.1 Å². The molecule has 0 spiro atoms. The molecule has 2 aromatic carbocycles. The summed E-state index contributed by atoms with van der Waals surface area (Å²) in [6.07, 6.45) is 0.370. The summed E-state index contributed by atoms with van der Waals surface area (Å²) >= 11 is 0. The Morgan fingerprint density at radius 3 is 2.39 bits per heavy atom. The molecule has 0 radical (unpaired) electrons. The van der Waals surface area contributed by atoms with Gasteiger partial charge < -0.3 is 4.74 Å². The lowest BCUT2D eigenvalue weighted by Crippen LogP contribution is -2.29. The van der Waals surface area contributed by atoms with E-state index >= 15 is 0 Å². The van der Waals surface area contributed by atoms with Crippen LogP contribution in [0.25, 0.3) is 0 Å². The molecule has 10 heteroatoms. The summed E-state index contributed by atoms with van der Waals surface area (Å²) in [7, 11) is -5.91. The molecule has 8 nitrogen and oxygen atoms in total. The number of rotatable bonds is 7. The number of benzene rings is 2. The average molecular weight is 425 g/mol. The topological polar surface area (TPSA) is 110 Å². The second-order valence-electron chi connectivity index (χ2n) is 6.18. The van der Waals surface area contributed by atoms with E-state index in [9.17, 15) is 21.6 Å². The van der Waals surface area contributed by atoms with Crippen molar-refractivity contribution in [2.24, 2.45) is 0 Å². The van der Waals surface area contributed by atoms with Crippen LogP contribution in [0.15, 0.2) is 53.4 Å². The molecule has 0 unspecified atom stereocenters. The minimum Gasteiger partial charge on any atom is -0.496 e. The molecule has 1 aliphatic heterocycles. The Morgan fingerprint density at radius 2 is 1.79 bits per heavy atom. The summed E-state index contributed by atoms with van der Waals surface area (Å²) in [5, 5.41) is 0. The third-order valence-corrected chi connectivity index (χ3v) is 7.51. The lowest BCUT2D eigenvalue weighted by Gasteiger charge is -2.15. The van der Waals surface area contributed by atoms with E-state index in [-0.39, 0.29) is 29.3 Å². The molecule has 1 fully saturated rings. The van der Waals surface area contributed by atoms with Crippen molar-refractivity contribution in [1.29, 1.82) is 0 Å². The molecule has 1 heterocycles. The Labute approximate surface area is 164 Å². The minimum absolute atomic E-state index is 0.0136. The van der Waals surface area contributed by atoms with Crippen LogP contribution in [-0.4, -0.2) is 42.2 Å². The van der Waals surface area contributed by atoms with Crippen molar-refractivity contribution >= 4 is 31.6 Å². The molecule has 1 N–H and O–H groups in total. The number of nitrogens with zero attached hydrogens (tertiary/aromatic N) is 1. The maximum absolute atomic E-state index is 12.5. The monoisotopic (exact) mass is 424 g/mol. The third-order valence-electron chi connectivity index (χ3n) is 4.34. The van der Waals surface area contributed by atoms with Crippen LogP contribution in [-0.2, 0) is 31.3 Å². The molecular formula is C18H20N2O6S2. The second-order valence-corrected chi connectivity index (χ2v) is 9.88. The summed E-state index contributed by atoms with van der Waals surface area (Å²) in [6.45, 7) is 0.170. The summed E-state index contributed by atoms with van der Waals surface area (Å²) in [4.78, 5) is 11.8. The Kier molecular flexibility index (Phi) is 5.73. The van der Waals surface area contributed by atoms with Gasteiger partial charge in [-0.15, -0.1) is 0 Å². The molecule has 2 aromatic rings. The summed E-state index contributed by atoms with van der Waals surface area (Å²) in [5.41, 5.74) is 1.01.